The average Bonchev–Trinajstić information content (AvgIpc) is 2.42. The molecule has 0 aliphatic carbocycles. The molecule has 0 saturated heterocycles. The zero-order valence-corrected chi connectivity index (χ0v) is 11.8. The number of hydrogen-bond acceptors (Lipinski definition) is 4. The van der Waals surface area contributed by atoms with Crippen molar-refractivity contribution in [3.05, 3.63) is 41.1 Å². The molecule has 0 amide bonds. The minimum Gasteiger partial charge on any atom is -0.378 e. The van der Waals surface area contributed by atoms with Crippen molar-refractivity contribution in [2.24, 2.45) is 0 Å². The summed E-state index contributed by atoms with van der Waals surface area (Å²) in [5.41, 5.74) is 4.41. The smallest absolute Gasteiger partial charge is 0.161 e. The van der Waals surface area contributed by atoms with Crippen LogP contribution in [0.5, 0.6) is 0 Å². The maximum Gasteiger partial charge on any atom is 0.161 e. The molecule has 0 spiro atoms. The van der Waals surface area contributed by atoms with Gasteiger partial charge in [0.25, 0.3) is 0 Å². The quantitative estimate of drug-likeness (QED) is 0.914. The van der Waals surface area contributed by atoms with Gasteiger partial charge in [-0.3, -0.25) is 0 Å². The molecule has 4 heteroatoms. The van der Waals surface area contributed by atoms with Crippen LogP contribution < -0.4 is 5.32 Å². The van der Waals surface area contributed by atoms with Crippen molar-refractivity contribution in [3.8, 4) is 11.4 Å². The molecule has 0 aliphatic heterocycles. The number of nitrogens with one attached hydrogen (secondary N) is 1. The molecule has 19 heavy (non-hydrogen) atoms. The second kappa shape index (κ2) is 5.80. The van der Waals surface area contributed by atoms with Gasteiger partial charge in [-0.15, -0.1) is 0 Å². The standard InChI is InChI=1S/C15H19N3O/c1-10-5-6-12(7-11(10)2)15-17-13(9-19-4)8-14(16-3)18-15/h5-8H,9H2,1-4H3,(H,16,17,18). The summed E-state index contributed by atoms with van der Waals surface area (Å²) in [6, 6.07) is 8.15. The van der Waals surface area contributed by atoms with Crippen molar-refractivity contribution in [1.29, 1.82) is 0 Å². The number of ether oxygens (including phenoxy) is 1. The lowest BCUT2D eigenvalue weighted by molar-refractivity contribution is 0.181. The number of benzene rings is 1. The van der Waals surface area contributed by atoms with Crippen LogP contribution >= 0.6 is 0 Å². The third-order valence-corrected chi connectivity index (χ3v) is 3.09. The molecule has 0 radical (unpaired) electrons. The van der Waals surface area contributed by atoms with Crippen LogP contribution in [-0.4, -0.2) is 24.1 Å². The van der Waals surface area contributed by atoms with Gasteiger partial charge in [0.2, 0.25) is 0 Å². The summed E-state index contributed by atoms with van der Waals surface area (Å²) in [6.07, 6.45) is 0. The zero-order chi connectivity index (χ0) is 13.8. The summed E-state index contributed by atoms with van der Waals surface area (Å²) >= 11 is 0. The number of anilines is 1. The van der Waals surface area contributed by atoms with Crippen LogP contribution in [0.3, 0.4) is 0 Å². The van der Waals surface area contributed by atoms with E-state index in [1.165, 1.54) is 11.1 Å². The van der Waals surface area contributed by atoms with E-state index in [1.54, 1.807) is 7.11 Å². The van der Waals surface area contributed by atoms with Crippen molar-refractivity contribution in [2.45, 2.75) is 20.5 Å². The van der Waals surface area contributed by atoms with E-state index in [0.717, 1.165) is 22.9 Å². The maximum atomic E-state index is 5.14. The van der Waals surface area contributed by atoms with Gasteiger partial charge in [-0.25, -0.2) is 9.97 Å². The van der Waals surface area contributed by atoms with Gasteiger partial charge in [-0.05, 0) is 31.0 Å². The van der Waals surface area contributed by atoms with Crippen LogP contribution in [0.15, 0.2) is 24.3 Å². The summed E-state index contributed by atoms with van der Waals surface area (Å²) < 4.78 is 5.14. The zero-order valence-electron chi connectivity index (χ0n) is 11.8. The Morgan fingerprint density at radius 1 is 1.11 bits per heavy atom. The number of aryl methyl sites for hydroxylation is 2. The fraction of sp³-hybridized carbons (Fsp3) is 0.333. The second-order valence-corrected chi connectivity index (χ2v) is 4.55. The van der Waals surface area contributed by atoms with Crippen LogP contribution in [0.1, 0.15) is 16.8 Å². The summed E-state index contributed by atoms with van der Waals surface area (Å²) in [7, 11) is 3.51. The molecule has 1 heterocycles. The SMILES string of the molecule is CNc1cc(COC)nc(-c2ccc(C)c(C)c2)n1. The molecule has 0 fully saturated rings. The lowest BCUT2D eigenvalue weighted by Crippen LogP contribution is -2.02. The maximum absolute atomic E-state index is 5.14. The molecule has 1 N–H and O–H groups in total. The summed E-state index contributed by atoms with van der Waals surface area (Å²) in [5, 5.41) is 3.06. The lowest BCUT2D eigenvalue weighted by atomic mass is 10.1. The molecule has 0 saturated carbocycles. The van der Waals surface area contributed by atoms with Gasteiger partial charge in [0.15, 0.2) is 5.82 Å². The summed E-state index contributed by atoms with van der Waals surface area (Å²) in [4.78, 5) is 9.03. The van der Waals surface area contributed by atoms with Gasteiger partial charge in [0, 0.05) is 25.8 Å². The highest BCUT2D eigenvalue weighted by atomic mass is 16.5. The Labute approximate surface area is 113 Å². The molecule has 0 aliphatic rings. The predicted octanol–water partition coefficient (Wildman–Crippen LogP) is 2.95. The Bertz CT molecular complexity index is 582. The Kier molecular flexibility index (Phi) is 4.12. The predicted molar refractivity (Wildman–Crippen MR) is 77.2 cm³/mol. The van der Waals surface area contributed by atoms with Crippen LogP contribution in [0.2, 0.25) is 0 Å². The highest BCUT2D eigenvalue weighted by Crippen LogP contribution is 2.21. The number of nitrogens with zero attached hydrogens (tertiary/aromatic N) is 2. The van der Waals surface area contributed by atoms with Crippen molar-refractivity contribution in [3.63, 3.8) is 0 Å². The van der Waals surface area contributed by atoms with E-state index in [4.69, 9.17) is 4.74 Å². The highest BCUT2D eigenvalue weighted by molar-refractivity contribution is 5.59. The van der Waals surface area contributed by atoms with E-state index < -0.39 is 0 Å². The van der Waals surface area contributed by atoms with E-state index in [2.05, 4.69) is 41.3 Å². The minimum absolute atomic E-state index is 0.481. The largest absolute Gasteiger partial charge is 0.378 e. The normalized spacial score (nSPS) is 10.5. The van der Waals surface area contributed by atoms with E-state index in [9.17, 15) is 0 Å². The molecule has 1 aromatic carbocycles. The van der Waals surface area contributed by atoms with E-state index in [0.29, 0.717) is 6.61 Å². The number of rotatable bonds is 4. The Balaban J connectivity index is 2.47. The summed E-state index contributed by atoms with van der Waals surface area (Å²) in [5.74, 6) is 1.53. The van der Waals surface area contributed by atoms with Crippen LogP contribution in [0, 0.1) is 13.8 Å². The van der Waals surface area contributed by atoms with Crippen LogP contribution in [0.4, 0.5) is 5.82 Å². The van der Waals surface area contributed by atoms with Gasteiger partial charge in [0.05, 0.1) is 12.3 Å². The van der Waals surface area contributed by atoms with Crippen LogP contribution in [-0.2, 0) is 11.3 Å². The van der Waals surface area contributed by atoms with E-state index >= 15 is 0 Å². The third kappa shape index (κ3) is 3.09. The first kappa shape index (κ1) is 13.5. The fourth-order valence-corrected chi connectivity index (χ4v) is 1.86. The lowest BCUT2D eigenvalue weighted by Gasteiger charge is -2.09. The highest BCUT2D eigenvalue weighted by Gasteiger charge is 2.07. The van der Waals surface area contributed by atoms with Crippen molar-refractivity contribution in [2.75, 3.05) is 19.5 Å². The van der Waals surface area contributed by atoms with E-state index in [1.807, 2.05) is 19.2 Å². The molecule has 4 nitrogen and oxygen atoms in total. The fourth-order valence-electron chi connectivity index (χ4n) is 1.86. The molecule has 2 aromatic rings. The van der Waals surface area contributed by atoms with E-state index in [-0.39, 0.29) is 0 Å². The van der Waals surface area contributed by atoms with Crippen LogP contribution in [0.25, 0.3) is 11.4 Å². The van der Waals surface area contributed by atoms with Crippen molar-refractivity contribution < 1.29 is 4.74 Å². The topological polar surface area (TPSA) is 47.0 Å². The number of methoxy groups -OCH3 is 1. The Morgan fingerprint density at radius 3 is 2.53 bits per heavy atom. The summed E-state index contributed by atoms with van der Waals surface area (Å²) in [6.45, 7) is 4.67. The molecule has 0 atom stereocenters. The molecule has 0 unspecified atom stereocenters. The monoisotopic (exact) mass is 257 g/mol. The molecule has 1 aromatic heterocycles. The number of hydrogen-bond donors (Lipinski definition) is 1. The van der Waals surface area contributed by atoms with Crippen molar-refractivity contribution >= 4 is 5.82 Å². The van der Waals surface area contributed by atoms with Gasteiger partial charge >= 0.3 is 0 Å². The number of aromatic nitrogens is 2. The van der Waals surface area contributed by atoms with Gasteiger partial charge in [0.1, 0.15) is 5.82 Å². The van der Waals surface area contributed by atoms with Crippen molar-refractivity contribution in [1.82, 2.24) is 9.97 Å². The first-order valence-electron chi connectivity index (χ1n) is 6.26. The molecular weight excluding hydrogens is 238 g/mol. The molecule has 0 bridgehead atoms. The average molecular weight is 257 g/mol. The molecule has 2 rings (SSSR count). The first-order chi connectivity index (χ1) is 9.13. The third-order valence-electron chi connectivity index (χ3n) is 3.09. The Hall–Kier alpha value is -1.94. The molecule has 100 valence electrons. The second-order valence-electron chi connectivity index (χ2n) is 4.55. The Morgan fingerprint density at radius 2 is 1.89 bits per heavy atom. The molecular formula is C15H19N3O. The first-order valence-corrected chi connectivity index (χ1v) is 6.26. The minimum atomic E-state index is 0.481. The van der Waals surface area contributed by atoms with Gasteiger partial charge in [-0.2, -0.15) is 0 Å². The van der Waals surface area contributed by atoms with Gasteiger partial charge < -0.3 is 10.1 Å². The van der Waals surface area contributed by atoms with Gasteiger partial charge in [-0.1, -0.05) is 12.1 Å².